The molecule has 1 aliphatic rings. The first-order chi connectivity index (χ1) is 7.54. The fourth-order valence-electron chi connectivity index (χ4n) is 2.51. The molecule has 1 aliphatic carbocycles. The Morgan fingerprint density at radius 2 is 1.94 bits per heavy atom. The number of hydrogen-bond acceptors (Lipinski definition) is 2. The van der Waals surface area contributed by atoms with Crippen LogP contribution in [-0.2, 0) is 0 Å². The summed E-state index contributed by atoms with van der Waals surface area (Å²) in [6.45, 7) is 9.35. The van der Waals surface area contributed by atoms with Crippen molar-refractivity contribution < 1.29 is 0 Å². The predicted octanol–water partition coefficient (Wildman–Crippen LogP) is 3.92. The summed E-state index contributed by atoms with van der Waals surface area (Å²) in [5.74, 6) is 3.72. The van der Waals surface area contributed by atoms with E-state index in [1.165, 1.54) is 25.7 Å². The van der Waals surface area contributed by atoms with Gasteiger partial charge in [0.25, 0.3) is 0 Å². The third-order valence-corrected chi connectivity index (χ3v) is 5.87. The summed E-state index contributed by atoms with van der Waals surface area (Å²) in [5, 5.41) is 0.769. The van der Waals surface area contributed by atoms with E-state index < -0.39 is 0 Å². The van der Waals surface area contributed by atoms with Crippen molar-refractivity contribution in [3.8, 4) is 0 Å². The Kier molecular flexibility index (Phi) is 6.20. The minimum Gasteiger partial charge on any atom is -0.327 e. The van der Waals surface area contributed by atoms with Gasteiger partial charge in [-0.15, -0.1) is 0 Å². The maximum absolute atomic E-state index is 6.34. The molecule has 0 aromatic rings. The van der Waals surface area contributed by atoms with E-state index >= 15 is 0 Å². The molecule has 0 radical (unpaired) electrons. The molecule has 0 aromatic carbocycles. The standard InChI is InChI=1S/C14H29NS/c1-5-12(4)16-9-14(15)13-7-6-10(2)11(3)8-13/h10-14H,5-9,15H2,1-4H3. The minimum atomic E-state index is 0.425. The Morgan fingerprint density at radius 1 is 1.25 bits per heavy atom. The lowest BCUT2D eigenvalue weighted by molar-refractivity contribution is 0.192. The quantitative estimate of drug-likeness (QED) is 0.792. The summed E-state index contributed by atoms with van der Waals surface area (Å²) in [4.78, 5) is 0. The zero-order valence-electron chi connectivity index (χ0n) is 11.4. The van der Waals surface area contributed by atoms with Gasteiger partial charge < -0.3 is 5.73 Å². The van der Waals surface area contributed by atoms with E-state index in [1.54, 1.807) is 0 Å². The second-order valence-electron chi connectivity index (χ2n) is 5.74. The third-order valence-electron chi connectivity index (χ3n) is 4.39. The van der Waals surface area contributed by atoms with Gasteiger partial charge in [-0.25, -0.2) is 0 Å². The molecule has 0 amide bonds. The molecule has 2 heteroatoms. The summed E-state index contributed by atoms with van der Waals surface area (Å²) >= 11 is 2.06. The van der Waals surface area contributed by atoms with Crippen molar-refractivity contribution in [2.45, 2.75) is 64.7 Å². The molecule has 5 unspecified atom stereocenters. The van der Waals surface area contributed by atoms with Crippen LogP contribution in [0.25, 0.3) is 0 Å². The van der Waals surface area contributed by atoms with Gasteiger partial charge in [-0.2, -0.15) is 11.8 Å². The summed E-state index contributed by atoms with van der Waals surface area (Å²) in [6, 6.07) is 0.425. The molecule has 2 N–H and O–H groups in total. The van der Waals surface area contributed by atoms with Crippen LogP contribution in [0.4, 0.5) is 0 Å². The van der Waals surface area contributed by atoms with Crippen molar-refractivity contribution in [2.24, 2.45) is 23.5 Å². The van der Waals surface area contributed by atoms with E-state index in [-0.39, 0.29) is 0 Å². The lowest BCUT2D eigenvalue weighted by Crippen LogP contribution is -2.37. The lowest BCUT2D eigenvalue weighted by atomic mass is 9.74. The van der Waals surface area contributed by atoms with Crippen LogP contribution in [0, 0.1) is 17.8 Å². The number of rotatable bonds is 5. The molecule has 0 spiro atoms. The van der Waals surface area contributed by atoms with Gasteiger partial charge in [-0.3, -0.25) is 0 Å². The van der Waals surface area contributed by atoms with E-state index in [2.05, 4.69) is 39.5 Å². The minimum absolute atomic E-state index is 0.425. The molecule has 16 heavy (non-hydrogen) atoms. The van der Waals surface area contributed by atoms with Gasteiger partial charge in [-0.1, -0.05) is 34.1 Å². The van der Waals surface area contributed by atoms with Crippen LogP contribution in [-0.4, -0.2) is 17.0 Å². The van der Waals surface area contributed by atoms with Gasteiger partial charge in [0.15, 0.2) is 0 Å². The zero-order chi connectivity index (χ0) is 12.1. The molecule has 0 bridgehead atoms. The molecule has 0 heterocycles. The zero-order valence-corrected chi connectivity index (χ0v) is 12.2. The topological polar surface area (TPSA) is 26.0 Å². The largest absolute Gasteiger partial charge is 0.327 e. The average molecular weight is 243 g/mol. The highest BCUT2D eigenvalue weighted by atomic mass is 32.2. The maximum atomic E-state index is 6.34. The van der Waals surface area contributed by atoms with Crippen LogP contribution in [0.3, 0.4) is 0 Å². The number of thioether (sulfide) groups is 1. The lowest BCUT2D eigenvalue weighted by Gasteiger charge is -2.35. The van der Waals surface area contributed by atoms with Gasteiger partial charge in [-0.05, 0) is 37.0 Å². The summed E-state index contributed by atoms with van der Waals surface area (Å²) in [5.41, 5.74) is 6.34. The second-order valence-corrected chi connectivity index (χ2v) is 7.22. The predicted molar refractivity (Wildman–Crippen MR) is 75.9 cm³/mol. The molecule has 0 saturated heterocycles. The van der Waals surface area contributed by atoms with E-state index in [0.717, 1.165) is 28.8 Å². The SMILES string of the molecule is CCC(C)SCC(N)C1CCC(C)C(C)C1. The average Bonchev–Trinajstić information content (AvgIpc) is 2.29. The van der Waals surface area contributed by atoms with E-state index in [0.29, 0.717) is 6.04 Å². The first-order valence-corrected chi connectivity index (χ1v) is 7.96. The second kappa shape index (κ2) is 6.90. The molecule has 1 rings (SSSR count). The maximum Gasteiger partial charge on any atom is 0.0159 e. The van der Waals surface area contributed by atoms with Gasteiger partial charge in [0.1, 0.15) is 0 Å². The van der Waals surface area contributed by atoms with Crippen molar-refractivity contribution in [2.75, 3.05) is 5.75 Å². The highest BCUT2D eigenvalue weighted by Gasteiger charge is 2.28. The van der Waals surface area contributed by atoms with Crippen LogP contribution in [0.2, 0.25) is 0 Å². The van der Waals surface area contributed by atoms with Crippen LogP contribution >= 0.6 is 11.8 Å². The van der Waals surface area contributed by atoms with Gasteiger partial charge in [0.05, 0.1) is 0 Å². The molecule has 0 aliphatic heterocycles. The van der Waals surface area contributed by atoms with Gasteiger partial charge in [0, 0.05) is 17.0 Å². The molecule has 5 atom stereocenters. The molecule has 0 aromatic heterocycles. The summed E-state index contributed by atoms with van der Waals surface area (Å²) in [6.07, 6.45) is 5.35. The van der Waals surface area contributed by atoms with Crippen LogP contribution in [0.1, 0.15) is 53.4 Å². The Bertz CT molecular complexity index is 195. The van der Waals surface area contributed by atoms with Gasteiger partial charge in [0.2, 0.25) is 0 Å². The monoisotopic (exact) mass is 243 g/mol. The van der Waals surface area contributed by atoms with Crippen molar-refractivity contribution in [3.05, 3.63) is 0 Å². The van der Waals surface area contributed by atoms with Crippen LogP contribution in [0.5, 0.6) is 0 Å². The Hall–Kier alpha value is 0.310. The summed E-state index contributed by atoms with van der Waals surface area (Å²) in [7, 11) is 0. The molecule has 1 nitrogen and oxygen atoms in total. The van der Waals surface area contributed by atoms with Crippen LogP contribution in [0.15, 0.2) is 0 Å². The number of hydrogen-bond donors (Lipinski definition) is 1. The van der Waals surface area contributed by atoms with Crippen molar-refractivity contribution >= 4 is 11.8 Å². The van der Waals surface area contributed by atoms with E-state index in [1.807, 2.05) is 0 Å². The smallest absolute Gasteiger partial charge is 0.0159 e. The molecule has 1 fully saturated rings. The fourth-order valence-corrected chi connectivity index (χ4v) is 3.57. The van der Waals surface area contributed by atoms with E-state index in [4.69, 9.17) is 5.73 Å². The Labute approximate surface area is 106 Å². The van der Waals surface area contributed by atoms with Crippen LogP contribution < -0.4 is 5.73 Å². The molecular formula is C14H29NS. The normalized spacial score (nSPS) is 34.7. The molecular weight excluding hydrogens is 214 g/mol. The Morgan fingerprint density at radius 3 is 2.50 bits per heavy atom. The van der Waals surface area contributed by atoms with Crippen molar-refractivity contribution in [1.29, 1.82) is 0 Å². The third kappa shape index (κ3) is 4.29. The highest BCUT2D eigenvalue weighted by Crippen LogP contribution is 2.35. The van der Waals surface area contributed by atoms with Crippen molar-refractivity contribution in [3.63, 3.8) is 0 Å². The fraction of sp³-hybridized carbons (Fsp3) is 1.00. The van der Waals surface area contributed by atoms with E-state index in [9.17, 15) is 0 Å². The highest BCUT2D eigenvalue weighted by molar-refractivity contribution is 7.99. The molecule has 96 valence electrons. The molecule has 1 saturated carbocycles. The Balaban J connectivity index is 2.28. The summed E-state index contributed by atoms with van der Waals surface area (Å²) < 4.78 is 0. The first-order valence-electron chi connectivity index (χ1n) is 6.91. The first kappa shape index (κ1) is 14.4. The van der Waals surface area contributed by atoms with Gasteiger partial charge >= 0.3 is 0 Å². The van der Waals surface area contributed by atoms with Crippen molar-refractivity contribution in [1.82, 2.24) is 0 Å². The number of nitrogens with two attached hydrogens (primary N) is 1.